The fourth-order valence-electron chi connectivity index (χ4n) is 2.18. The Balaban J connectivity index is 1.83. The second-order valence-corrected chi connectivity index (χ2v) is 5.01. The first-order chi connectivity index (χ1) is 11.1. The van der Waals surface area contributed by atoms with Gasteiger partial charge in [-0.05, 0) is 29.3 Å². The molecular formula is C18H13NO4. The van der Waals surface area contributed by atoms with E-state index in [-0.39, 0.29) is 18.0 Å². The Labute approximate surface area is 132 Å². The van der Waals surface area contributed by atoms with E-state index in [2.05, 4.69) is 4.99 Å². The van der Waals surface area contributed by atoms with Crippen LogP contribution in [0.15, 0.2) is 65.3 Å². The lowest BCUT2D eigenvalue weighted by molar-refractivity contribution is -0.136. The summed E-state index contributed by atoms with van der Waals surface area (Å²) in [5, 5.41) is 8.75. The smallest absolute Gasteiger partial charge is 0.363 e. The van der Waals surface area contributed by atoms with Crippen LogP contribution in [0.4, 0.5) is 0 Å². The predicted molar refractivity (Wildman–Crippen MR) is 84.8 cm³/mol. The van der Waals surface area contributed by atoms with Gasteiger partial charge in [-0.25, -0.2) is 9.79 Å². The maximum atomic E-state index is 11.9. The molecule has 1 aliphatic heterocycles. The Kier molecular flexibility index (Phi) is 4.01. The zero-order chi connectivity index (χ0) is 16.2. The number of carboxylic acid groups (broad SMARTS) is 1. The van der Waals surface area contributed by atoms with Crippen LogP contribution >= 0.6 is 0 Å². The number of rotatable bonds is 4. The first-order valence-electron chi connectivity index (χ1n) is 7.00. The van der Waals surface area contributed by atoms with Crippen molar-refractivity contribution in [2.45, 2.75) is 6.42 Å². The van der Waals surface area contributed by atoms with Crippen LogP contribution in [0.5, 0.6) is 0 Å². The van der Waals surface area contributed by atoms with Gasteiger partial charge in [-0.2, -0.15) is 0 Å². The minimum Gasteiger partial charge on any atom is -0.481 e. The van der Waals surface area contributed by atoms with Gasteiger partial charge in [-0.1, -0.05) is 42.5 Å². The average molecular weight is 307 g/mol. The Morgan fingerprint density at radius 3 is 2.43 bits per heavy atom. The monoisotopic (exact) mass is 307 g/mol. The van der Waals surface area contributed by atoms with E-state index in [1.54, 1.807) is 30.3 Å². The molecule has 0 unspecified atom stereocenters. The summed E-state index contributed by atoms with van der Waals surface area (Å²) < 4.78 is 5.17. The van der Waals surface area contributed by atoms with E-state index in [1.165, 1.54) is 0 Å². The second kappa shape index (κ2) is 6.27. The van der Waals surface area contributed by atoms with Crippen LogP contribution < -0.4 is 0 Å². The fourth-order valence-corrected chi connectivity index (χ4v) is 2.18. The van der Waals surface area contributed by atoms with Gasteiger partial charge < -0.3 is 9.84 Å². The molecule has 5 heteroatoms. The number of cyclic esters (lactones) is 1. The van der Waals surface area contributed by atoms with E-state index in [0.29, 0.717) is 5.56 Å². The number of carboxylic acids is 1. The molecule has 2 aromatic rings. The number of benzene rings is 2. The van der Waals surface area contributed by atoms with Crippen LogP contribution in [0.1, 0.15) is 16.7 Å². The molecule has 23 heavy (non-hydrogen) atoms. The van der Waals surface area contributed by atoms with Crippen molar-refractivity contribution in [1.29, 1.82) is 0 Å². The quantitative estimate of drug-likeness (QED) is 0.696. The highest BCUT2D eigenvalue weighted by Crippen LogP contribution is 2.19. The summed E-state index contributed by atoms with van der Waals surface area (Å²) in [5.41, 5.74) is 2.40. The van der Waals surface area contributed by atoms with E-state index in [9.17, 15) is 9.59 Å². The minimum atomic E-state index is -0.882. The summed E-state index contributed by atoms with van der Waals surface area (Å²) in [6.45, 7) is 0. The van der Waals surface area contributed by atoms with Crippen molar-refractivity contribution in [1.82, 2.24) is 0 Å². The average Bonchev–Trinajstić information content (AvgIpc) is 2.91. The van der Waals surface area contributed by atoms with E-state index in [4.69, 9.17) is 9.84 Å². The van der Waals surface area contributed by atoms with Gasteiger partial charge in [-0.15, -0.1) is 0 Å². The van der Waals surface area contributed by atoms with Gasteiger partial charge in [0.25, 0.3) is 0 Å². The van der Waals surface area contributed by atoms with Crippen LogP contribution in [-0.2, 0) is 20.7 Å². The Bertz CT molecular complexity index is 805. The van der Waals surface area contributed by atoms with E-state index < -0.39 is 11.9 Å². The molecule has 0 aromatic heterocycles. The molecule has 114 valence electrons. The van der Waals surface area contributed by atoms with Crippen molar-refractivity contribution in [3.63, 3.8) is 0 Å². The molecule has 0 saturated heterocycles. The van der Waals surface area contributed by atoms with Crippen molar-refractivity contribution in [2.75, 3.05) is 0 Å². The maximum Gasteiger partial charge on any atom is 0.363 e. The minimum absolute atomic E-state index is 0.0325. The lowest BCUT2D eigenvalue weighted by Crippen LogP contribution is -2.04. The highest BCUT2D eigenvalue weighted by atomic mass is 16.6. The molecular weight excluding hydrogens is 294 g/mol. The van der Waals surface area contributed by atoms with Crippen LogP contribution in [0.3, 0.4) is 0 Å². The van der Waals surface area contributed by atoms with Crippen molar-refractivity contribution in [3.05, 3.63) is 77.0 Å². The van der Waals surface area contributed by atoms with Crippen LogP contribution in [-0.4, -0.2) is 22.9 Å². The lowest BCUT2D eigenvalue weighted by Gasteiger charge is -1.98. The van der Waals surface area contributed by atoms with E-state index in [1.807, 2.05) is 30.3 Å². The molecule has 2 aromatic carbocycles. The summed E-state index contributed by atoms with van der Waals surface area (Å²) in [7, 11) is 0. The van der Waals surface area contributed by atoms with Gasteiger partial charge in [-0.3, -0.25) is 4.79 Å². The summed E-state index contributed by atoms with van der Waals surface area (Å²) in [6.07, 6.45) is 1.58. The molecule has 3 rings (SSSR count). The van der Waals surface area contributed by atoms with Gasteiger partial charge in [0.1, 0.15) is 0 Å². The summed E-state index contributed by atoms with van der Waals surface area (Å²) in [6, 6.07) is 16.1. The number of nitrogens with zero attached hydrogens (tertiary/aromatic N) is 1. The highest BCUT2D eigenvalue weighted by molar-refractivity contribution is 6.12. The third-order valence-electron chi connectivity index (χ3n) is 3.28. The molecule has 1 N–H and O–H groups in total. The SMILES string of the molecule is O=C(O)Cc1ccc(/C=C2\N=C(c3ccccc3)OC2=O)cc1. The number of aliphatic imine (C=N–C) groups is 1. The zero-order valence-electron chi connectivity index (χ0n) is 12.1. The summed E-state index contributed by atoms with van der Waals surface area (Å²) >= 11 is 0. The number of ether oxygens (including phenoxy) is 1. The third kappa shape index (κ3) is 3.52. The lowest BCUT2D eigenvalue weighted by atomic mass is 10.1. The molecule has 0 spiro atoms. The zero-order valence-corrected chi connectivity index (χ0v) is 12.1. The number of esters is 1. The van der Waals surface area contributed by atoms with Crippen LogP contribution in [0, 0.1) is 0 Å². The van der Waals surface area contributed by atoms with Crippen molar-refractivity contribution in [2.24, 2.45) is 4.99 Å². The Hall–Kier alpha value is -3.21. The number of aliphatic carboxylic acids is 1. The van der Waals surface area contributed by atoms with Crippen molar-refractivity contribution >= 4 is 23.9 Å². The normalized spacial score (nSPS) is 15.4. The van der Waals surface area contributed by atoms with Crippen LogP contribution in [0.25, 0.3) is 6.08 Å². The first kappa shape index (κ1) is 14.7. The van der Waals surface area contributed by atoms with E-state index >= 15 is 0 Å². The van der Waals surface area contributed by atoms with Gasteiger partial charge in [0.05, 0.1) is 6.42 Å². The molecule has 0 amide bonds. The largest absolute Gasteiger partial charge is 0.481 e. The maximum absolute atomic E-state index is 11.9. The highest BCUT2D eigenvalue weighted by Gasteiger charge is 2.23. The molecule has 1 heterocycles. The fraction of sp³-hybridized carbons (Fsp3) is 0.0556. The van der Waals surface area contributed by atoms with Gasteiger partial charge >= 0.3 is 11.9 Å². The molecule has 0 atom stereocenters. The standard InChI is InChI=1S/C18H13NO4/c20-16(21)11-13-8-6-12(7-9-13)10-15-18(22)23-17(19-15)14-4-2-1-3-5-14/h1-10H,11H2,(H,20,21)/b15-10-. The molecule has 0 fully saturated rings. The van der Waals surface area contributed by atoms with Crippen LogP contribution in [0.2, 0.25) is 0 Å². The number of carbonyl (C=O) groups is 2. The number of carbonyl (C=O) groups excluding carboxylic acids is 1. The van der Waals surface area contributed by atoms with Crippen molar-refractivity contribution in [3.8, 4) is 0 Å². The number of hydrogen-bond donors (Lipinski definition) is 1. The predicted octanol–water partition coefficient (Wildman–Crippen LogP) is 2.66. The summed E-state index contributed by atoms with van der Waals surface area (Å²) in [5.74, 6) is -1.10. The van der Waals surface area contributed by atoms with Gasteiger partial charge in [0, 0.05) is 5.56 Å². The summed E-state index contributed by atoms with van der Waals surface area (Å²) in [4.78, 5) is 26.8. The van der Waals surface area contributed by atoms with Gasteiger partial charge in [0.15, 0.2) is 5.70 Å². The first-order valence-corrected chi connectivity index (χ1v) is 7.00. The molecule has 0 bridgehead atoms. The Morgan fingerprint density at radius 1 is 1.09 bits per heavy atom. The Morgan fingerprint density at radius 2 is 1.78 bits per heavy atom. The topological polar surface area (TPSA) is 76.0 Å². The second-order valence-electron chi connectivity index (χ2n) is 5.01. The van der Waals surface area contributed by atoms with E-state index in [0.717, 1.165) is 11.1 Å². The molecule has 5 nitrogen and oxygen atoms in total. The molecule has 1 aliphatic rings. The number of hydrogen-bond acceptors (Lipinski definition) is 4. The molecule has 0 aliphatic carbocycles. The van der Waals surface area contributed by atoms with Gasteiger partial charge in [0.2, 0.25) is 5.90 Å². The van der Waals surface area contributed by atoms with Crippen molar-refractivity contribution < 1.29 is 19.4 Å². The third-order valence-corrected chi connectivity index (χ3v) is 3.28. The molecule has 0 radical (unpaired) electrons. The molecule has 0 saturated carbocycles.